The van der Waals surface area contributed by atoms with Crippen LogP contribution in [0.2, 0.25) is 10.3 Å². The number of nitrogens with zero attached hydrogens (tertiary/aromatic N) is 2. The van der Waals surface area contributed by atoms with Crippen LogP contribution < -0.4 is 5.32 Å². The third-order valence-electron chi connectivity index (χ3n) is 4.77. The lowest BCUT2D eigenvalue weighted by molar-refractivity contribution is 0.0917. The van der Waals surface area contributed by atoms with E-state index in [1.807, 2.05) is 0 Å². The fourth-order valence-corrected chi connectivity index (χ4v) is 4.09. The highest BCUT2D eigenvalue weighted by Crippen LogP contribution is 2.37. The molecule has 2 atom stereocenters. The van der Waals surface area contributed by atoms with Crippen LogP contribution in [-0.4, -0.2) is 41.5 Å². The summed E-state index contributed by atoms with van der Waals surface area (Å²) in [6.07, 6.45) is 4.93. The molecule has 1 N–H and O–H groups in total. The zero-order chi connectivity index (χ0) is 15.0. The molecular formula is C15H19Cl2N3O. The molecule has 2 fully saturated rings. The second-order valence-corrected chi connectivity index (χ2v) is 6.87. The molecular weight excluding hydrogens is 309 g/mol. The van der Waals surface area contributed by atoms with E-state index in [1.54, 1.807) is 12.1 Å². The first kappa shape index (κ1) is 15.1. The number of hydrogen-bond acceptors (Lipinski definition) is 3. The largest absolute Gasteiger partial charge is 0.352 e. The van der Waals surface area contributed by atoms with E-state index in [1.165, 1.54) is 25.7 Å². The van der Waals surface area contributed by atoms with Crippen molar-refractivity contribution in [3.05, 3.63) is 28.0 Å². The summed E-state index contributed by atoms with van der Waals surface area (Å²) in [6, 6.07) is 4.47. The van der Waals surface area contributed by atoms with Crippen molar-refractivity contribution in [1.82, 2.24) is 15.2 Å². The molecule has 3 rings (SSSR count). The number of piperidine rings is 1. The van der Waals surface area contributed by atoms with Gasteiger partial charge in [0.1, 0.15) is 10.3 Å². The van der Waals surface area contributed by atoms with E-state index in [0.717, 1.165) is 6.54 Å². The molecule has 1 aromatic rings. The summed E-state index contributed by atoms with van der Waals surface area (Å²) in [5.74, 6) is 0.433. The minimum absolute atomic E-state index is 0.132. The Morgan fingerprint density at radius 2 is 1.86 bits per heavy atom. The van der Waals surface area contributed by atoms with Crippen molar-refractivity contribution in [3.63, 3.8) is 0 Å². The van der Waals surface area contributed by atoms with Crippen LogP contribution in [0.1, 0.15) is 36.0 Å². The molecule has 0 aliphatic carbocycles. The molecule has 3 heterocycles. The van der Waals surface area contributed by atoms with Gasteiger partial charge < -0.3 is 10.2 Å². The SMILES string of the molecule is CN1C2CCC1CC(CNC(=O)c1cc(Cl)nc(Cl)c1)C2. The lowest BCUT2D eigenvalue weighted by Crippen LogP contribution is -2.43. The number of pyridine rings is 1. The summed E-state index contributed by atoms with van der Waals surface area (Å²) in [7, 11) is 2.22. The fraction of sp³-hybridized carbons (Fsp3) is 0.600. The molecule has 1 aromatic heterocycles. The molecule has 2 aliphatic rings. The van der Waals surface area contributed by atoms with E-state index < -0.39 is 0 Å². The third-order valence-corrected chi connectivity index (χ3v) is 5.16. The van der Waals surface area contributed by atoms with Crippen molar-refractivity contribution in [3.8, 4) is 0 Å². The summed E-state index contributed by atoms with van der Waals surface area (Å²) >= 11 is 11.6. The molecule has 0 saturated carbocycles. The van der Waals surface area contributed by atoms with Crippen LogP contribution in [0.15, 0.2) is 12.1 Å². The number of halogens is 2. The van der Waals surface area contributed by atoms with Gasteiger partial charge in [0.25, 0.3) is 5.91 Å². The van der Waals surface area contributed by atoms with Gasteiger partial charge in [0.05, 0.1) is 0 Å². The monoisotopic (exact) mass is 327 g/mol. The molecule has 2 bridgehead atoms. The van der Waals surface area contributed by atoms with Gasteiger partial charge in [-0.15, -0.1) is 0 Å². The normalized spacial score (nSPS) is 28.6. The van der Waals surface area contributed by atoms with E-state index in [2.05, 4.69) is 22.2 Å². The molecule has 6 heteroatoms. The van der Waals surface area contributed by atoms with Crippen LogP contribution >= 0.6 is 23.2 Å². The highest BCUT2D eigenvalue weighted by molar-refractivity contribution is 6.33. The van der Waals surface area contributed by atoms with Gasteiger partial charge in [-0.2, -0.15) is 0 Å². The highest BCUT2D eigenvalue weighted by Gasteiger charge is 2.38. The summed E-state index contributed by atoms with van der Waals surface area (Å²) in [4.78, 5) is 18.5. The van der Waals surface area contributed by atoms with Crippen molar-refractivity contribution in [1.29, 1.82) is 0 Å². The maximum Gasteiger partial charge on any atom is 0.251 e. The number of nitrogens with one attached hydrogen (secondary N) is 1. The standard InChI is InChI=1S/C15H19Cl2N3O/c1-20-11-2-3-12(20)5-9(4-11)8-18-15(21)10-6-13(16)19-14(17)7-10/h6-7,9,11-12H,2-5,8H2,1H3,(H,18,21). The van der Waals surface area contributed by atoms with Gasteiger partial charge in [-0.3, -0.25) is 4.79 Å². The van der Waals surface area contributed by atoms with Crippen molar-refractivity contribution in [2.24, 2.45) is 5.92 Å². The zero-order valence-corrected chi connectivity index (χ0v) is 13.5. The van der Waals surface area contributed by atoms with Gasteiger partial charge in [-0.05, 0) is 50.8 Å². The third kappa shape index (κ3) is 3.33. The number of fused-ring (bicyclic) bond motifs is 2. The average molecular weight is 328 g/mol. The Morgan fingerprint density at radius 3 is 2.43 bits per heavy atom. The van der Waals surface area contributed by atoms with Crippen molar-refractivity contribution >= 4 is 29.1 Å². The average Bonchev–Trinajstić information content (AvgIpc) is 2.65. The Bertz CT molecular complexity index is 517. The first-order valence-electron chi connectivity index (χ1n) is 7.36. The van der Waals surface area contributed by atoms with Gasteiger partial charge in [0.15, 0.2) is 0 Å². The molecule has 21 heavy (non-hydrogen) atoms. The summed E-state index contributed by atoms with van der Waals surface area (Å²) < 4.78 is 0. The molecule has 1 amide bonds. The van der Waals surface area contributed by atoms with Gasteiger partial charge in [0.2, 0.25) is 0 Å². The number of hydrogen-bond donors (Lipinski definition) is 1. The predicted octanol–water partition coefficient (Wildman–Crippen LogP) is 2.99. The second-order valence-electron chi connectivity index (χ2n) is 6.10. The lowest BCUT2D eigenvalue weighted by atomic mass is 9.91. The van der Waals surface area contributed by atoms with E-state index in [0.29, 0.717) is 23.6 Å². The van der Waals surface area contributed by atoms with Gasteiger partial charge >= 0.3 is 0 Å². The van der Waals surface area contributed by atoms with Gasteiger partial charge in [-0.1, -0.05) is 23.2 Å². The number of aromatic nitrogens is 1. The number of carbonyl (C=O) groups is 1. The number of amides is 1. The van der Waals surface area contributed by atoms with Gasteiger partial charge in [0, 0.05) is 24.2 Å². The Labute approximate surface area is 134 Å². The highest BCUT2D eigenvalue weighted by atomic mass is 35.5. The van der Waals surface area contributed by atoms with Crippen molar-refractivity contribution in [2.75, 3.05) is 13.6 Å². The van der Waals surface area contributed by atoms with Gasteiger partial charge in [-0.25, -0.2) is 4.98 Å². The van der Waals surface area contributed by atoms with Crippen molar-refractivity contribution < 1.29 is 4.79 Å². The molecule has 0 radical (unpaired) electrons. The van der Waals surface area contributed by atoms with Crippen LogP contribution in [0.3, 0.4) is 0 Å². The molecule has 114 valence electrons. The smallest absolute Gasteiger partial charge is 0.251 e. The number of rotatable bonds is 3. The summed E-state index contributed by atoms with van der Waals surface area (Å²) in [5, 5.41) is 3.49. The maximum atomic E-state index is 12.2. The van der Waals surface area contributed by atoms with Crippen LogP contribution in [0.5, 0.6) is 0 Å². The zero-order valence-electron chi connectivity index (χ0n) is 12.0. The predicted molar refractivity (Wildman–Crippen MR) is 83.9 cm³/mol. The summed E-state index contributed by atoms with van der Waals surface area (Å²) in [6.45, 7) is 0.719. The number of carbonyl (C=O) groups excluding carboxylic acids is 1. The lowest BCUT2D eigenvalue weighted by Gasteiger charge is -2.36. The molecule has 2 aliphatic heterocycles. The topological polar surface area (TPSA) is 45.2 Å². The van der Waals surface area contributed by atoms with Crippen LogP contribution in [0, 0.1) is 5.92 Å². The summed E-state index contributed by atoms with van der Waals surface area (Å²) in [5.41, 5.74) is 0.468. The first-order valence-corrected chi connectivity index (χ1v) is 8.11. The molecule has 2 saturated heterocycles. The molecule has 0 aromatic carbocycles. The van der Waals surface area contributed by atoms with Crippen LogP contribution in [-0.2, 0) is 0 Å². The Hall–Kier alpha value is -0.840. The van der Waals surface area contributed by atoms with E-state index in [-0.39, 0.29) is 16.2 Å². The fourth-order valence-electron chi connectivity index (χ4n) is 3.63. The quantitative estimate of drug-likeness (QED) is 0.868. The maximum absolute atomic E-state index is 12.2. The first-order chi connectivity index (χ1) is 10.0. The van der Waals surface area contributed by atoms with Crippen molar-refractivity contribution in [2.45, 2.75) is 37.8 Å². The Kier molecular flexibility index (Phi) is 4.38. The molecule has 0 spiro atoms. The van der Waals surface area contributed by atoms with Crippen LogP contribution in [0.25, 0.3) is 0 Å². The Morgan fingerprint density at radius 1 is 1.29 bits per heavy atom. The molecule has 4 nitrogen and oxygen atoms in total. The minimum Gasteiger partial charge on any atom is -0.352 e. The molecule has 2 unspecified atom stereocenters. The van der Waals surface area contributed by atoms with Crippen LogP contribution in [0.4, 0.5) is 0 Å². The Balaban J connectivity index is 1.57. The minimum atomic E-state index is -0.132. The van der Waals surface area contributed by atoms with E-state index >= 15 is 0 Å². The van der Waals surface area contributed by atoms with E-state index in [9.17, 15) is 4.79 Å². The second kappa shape index (κ2) is 6.11. The van der Waals surface area contributed by atoms with E-state index in [4.69, 9.17) is 23.2 Å².